The van der Waals surface area contributed by atoms with Crippen LogP contribution in [-0.2, 0) is 15.3 Å². The molecule has 112 valence electrons. The van der Waals surface area contributed by atoms with Crippen LogP contribution in [0.15, 0.2) is 24.3 Å². The van der Waals surface area contributed by atoms with E-state index in [-0.39, 0.29) is 18.9 Å². The number of benzene rings is 1. The first-order chi connectivity index (χ1) is 10.1. The molecule has 1 aromatic rings. The number of nitrogens with zero attached hydrogens (tertiary/aromatic N) is 2. The van der Waals surface area contributed by atoms with Gasteiger partial charge in [0.2, 0.25) is 5.91 Å². The van der Waals surface area contributed by atoms with Crippen LogP contribution >= 0.6 is 11.8 Å². The van der Waals surface area contributed by atoms with E-state index in [0.29, 0.717) is 23.6 Å². The molecule has 0 heterocycles. The van der Waals surface area contributed by atoms with E-state index in [9.17, 15) is 9.59 Å². The number of aliphatic carboxylic acids is 1. The Morgan fingerprint density at radius 2 is 2.00 bits per heavy atom. The van der Waals surface area contributed by atoms with Crippen LogP contribution in [0.3, 0.4) is 0 Å². The van der Waals surface area contributed by atoms with Crippen molar-refractivity contribution in [2.75, 3.05) is 18.8 Å². The molecule has 0 spiro atoms. The zero-order valence-corrected chi connectivity index (χ0v) is 12.7. The van der Waals surface area contributed by atoms with Crippen molar-refractivity contribution < 1.29 is 14.7 Å². The Balaban J connectivity index is 2.37. The van der Waals surface area contributed by atoms with Crippen molar-refractivity contribution in [3.05, 3.63) is 35.4 Å². The summed E-state index contributed by atoms with van der Waals surface area (Å²) in [5, 5.41) is 17.3. The number of rotatable bonds is 8. The molecule has 1 N–H and O–H groups in total. The normalized spacial score (nSPS) is 9.90. The van der Waals surface area contributed by atoms with E-state index in [4.69, 9.17) is 10.4 Å². The van der Waals surface area contributed by atoms with Crippen LogP contribution in [0.2, 0.25) is 0 Å². The second-order valence-corrected chi connectivity index (χ2v) is 5.40. The molecule has 0 unspecified atom stereocenters. The number of carbonyl (C=O) groups excluding carboxylic acids is 1. The molecule has 0 aliphatic carbocycles. The van der Waals surface area contributed by atoms with Crippen molar-refractivity contribution in [2.45, 2.75) is 19.1 Å². The van der Waals surface area contributed by atoms with Crippen molar-refractivity contribution in [3.63, 3.8) is 0 Å². The van der Waals surface area contributed by atoms with E-state index in [2.05, 4.69) is 6.07 Å². The van der Waals surface area contributed by atoms with E-state index in [1.165, 1.54) is 11.8 Å². The number of amides is 1. The third-order valence-electron chi connectivity index (χ3n) is 2.91. The predicted octanol–water partition coefficient (Wildman–Crippen LogP) is 2.11. The fourth-order valence-electron chi connectivity index (χ4n) is 1.71. The quantitative estimate of drug-likeness (QED) is 0.795. The fourth-order valence-corrected chi connectivity index (χ4v) is 2.60. The Morgan fingerprint density at radius 3 is 2.52 bits per heavy atom. The maximum absolute atomic E-state index is 11.9. The van der Waals surface area contributed by atoms with Gasteiger partial charge in [0.25, 0.3) is 0 Å². The summed E-state index contributed by atoms with van der Waals surface area (Å²) in [5.74, 6) is 0.0744. The Morgan fingerprint density at radius 1 is 1.33 bits per heavy atom. The summed E-state index contributed by atoms with van der Waals surface area (Å²) in [5.41, 5.74) is 1.67. The lowest BCUT2D eigenvalue weighted by Gasteiger charge is -2.19. The predicted molar refractivity (Wildman–Crippen MR) is 81.8 cm³/mol. The Kier molecular flexibility index (Phi) is 7.33. The summed E-state index contributed by atoms with van der Waals surface area (Å²) in [6.07, 6.45) is -0.0279. The summed E-state index contributed by atoms with van der Waals surface area (Å²) < 4.78 is 0. The molecule has 1 amide bonds. The van der Waals surface area contributed by atoms with Crippen LogP contribution in [0.5, 0.6) is 0 Å². The van der Waals surface area contributed by atoms with Gasteiger partial charge in [0.05, 0.1) is 23.8 Å². The monoisotopic (exact) mass is 306 g/mol. The van der Waals surface area contributed by atoms with Gasteiger partial charge in [0.1, 0.15) is 0 Å². The lowest BCUT2D eigenvalue weighted by Crippen LogP contribution is -2.34. The summed E-state index contributed by atoms with van der Waals surface area (Å²) >= 11 is 1.48. The lowest BCUT2D eigenvalue weighted by atomic mass is 10.2. The van der Waals surface area contributed by atoms with Crippen molar-refractivity contribution in [1.82, 2.24) is 4.90 Å². The summed E-state index contributed by atoms with van der Waals surface area (Å²) in [6.45, 7) is 2.61. The van der Waals surface area contributed by atoms with Gasteiger partial charge in [-0.15, -0.1) is 11.8 Å². The Hall–Kier alpha value is -2.00. The standard InChI is InChI=1S/C15H18N2O3S/c1-2-17(8-7-15(19)20)14(18)11-21-10-13-5-3-12(9-16)4-6-13/h3-6H,2,7-8,10-11H2,1H3,(H,19,20). The number of hydrogen-bond acceptors (Lipinski definition) is 4. The van der Waals surface area contributed by atoms with Crippen LogP contribution in [0.25, 0.3) is 0 Å². The molecular formula is C15H18N2O3S. The van der Waals surface area contributed by atoms with Gasteiger partial charge in [-0.3, -0.25) is 9.59 Å². The molecule has 21 heavy (non-hydrogen) atoms. The number of thioether (sulfide) groups is 1. The maximum Gasteiger partial charge on any atom is 0.305 e. The molecule has 1 aromatic carbocycles. The molecule has 0 atom stereocenters. The first-order valence-electron chi connectivity index (χ1n) is 6.63. The first kappa shape index (κ1) is 17.1. The minimum Gasteiger partial charge on any atom is -0.481 e. The molecule has 0 saturated carbocycles. The lowest BCUT2D eigenvalue weighted by molar-refractivity contribution is -0.138. The summed E-state index contributed by atoms with van der Waals surface area (Å²) in [6, 6.07) is 9.31. The Labute approximate surface area is 128 Å². The van der Waals surface area contributed by atoms with Crippen LogP contribution in [0, 0.1) is 11.3 Å². The van der Waals surface area contributed by atoms with E-state index >= 15 is 0 Å². The van der Waals surface area contributed by atoms with Gasteiger partial charge in [-0.1, -0.05) is 12.1 Å². The molecule has 1 rings (SSSR count). The maximum atomic E-state index is 11.9. The first-order valence-corrected chi connectivity index (χ1v) is 7.78. The second kappa shape index (κ2) is 9.03. The molecular weight excluding hydrogens is 288 g/mol. The van der Waals surface area contributed by atoms with Gasteiger partial charge in [-0.05, 0) is 24.6 Å². The molecule has 0 fully saturated rings. The fraction of sp³-hybridized carbons (Fsp3) is 0.400. The number of carboxylic acid groups (broad SMARTS) is 1. The number of hydrogen-bond donors (Lipinski definition) is 1. The number of nitriles is 1. The largest absolute Gasteiger partial charge is 0.481 e. The average Bonchev–Trinajstić information content (AvgIpc) is 2.48. The molecule has 6 heteroatoms. The van der Waals surface area contributed by atoms with E-state index in [0.717, 1.165) is 5.56 Å². The molecule has 0 aliphatic rings. The van der Waals surface area contributed by atoms with Crippen LogP contribution in [0.4, 0.5) is 0 Å². The molecule has 0 radical (unpaired) electrons. The summed E-state index contributed by atoms with van der Waals surface area (Å²) in [7, 11) is 0. The minimum atomic E-state index is -0.897. The highest BCUT2D eigenvalue weighted by molar-refractivity contribution is 7.99. The smallest absolute Gasteiger partial charge is 0.305 e. The molecule has 0 aromatic heterocycles. The summed E-state index contributed by atoms with van der Waals surface area (Å²) in [4.78, 5) is 24.0. The van der Waals surface area contributed by atoms with E-state index < -0.39 is 5.97 Å². The average molecular weight is 306 g/mol. The van der Waals surface area contributed by atoms with Crippen molar-refractivity contribution in [3.8, 4) is 6.07 Å². The molecule has 0 saturated heterocycles. The second-order valence-electron chi connectivity index (χ2n) is 4.42. The van der Waals surface area contributed by atoms with Crippen LogP contribution in [-0.4, -0.2) is 40.7 Å². The minimum absolute atomic E-state index is 0.0279. The number of carbonyl (C=O) groups is 2. The van der Waals surface area contributed by atoms with Gasteiger partial charge in [-0.2, -0.15) is 5.26 Å². The highest BCUT2D eigenvalue weighted by Gasteiger charge is 2.12. The van der Waals surface area contributed by atoms with Crippen molar-refractivity contribution in [1.29, 1.82) is 5.26 Å². The molecule has 0 aliphatic heterocycles. The number of carboxylic acids is 1. The molecule has 5 nitrogen and oxygen atoms in total. The topological polar surface area (TPSA) is 81.4 Å². The Bertz CT molecular complexity index is 523. The zero-order chi connectivity index (χ0) is 15.7. The zero-order valence-electron chi connectivity index (χ0n) is 11.9. The third-order valence-corrected chi connectivity index (χ3v) is 3.90. The van der Waals surface area contributed by atoms with Crippen molar-refractivity contribution >= 4 is 23.6 Å². The highest BCUT2D eigenvalue weighted by atomic mass is 32.2. The van der Waals surface area contributed by atoms with Gasteiger partial charge >= 0.3 is 5.97 Å². The van der Waals surface area contributed by atoms with Crippen LogP contribution < -0.4 is 0 Å². The van der Waals surface area contributed by atoms with Crippen molar-refractivity contribution in [2.24, 2.45) is 0 Å². The van der Waals surface area contributed by atoms with Gasteiger partial charge < -0.3 is 10.0 Å². The van der Waals surface area contributed by atoms with E-state index in [1.807, 2.05) is 19.1 Å². The van der Waals surface area contributed by atoms with Gasteiger partial charge in [-0.25, -0.2) is 0 Å². The van der Waals surface area contributed by atoms with Gasteiger partial charge in [0.15, 0.2) is 0 Å². The third kappa shape index (κ3) is 6.32. The van der Waals surface area contributed by atoms with Gasteiger partial charge in [0, 0.05) is 18.8 Å². The highest BCUT2D eigenvalue weighted by Crippen LogP contribution is 2.13. The molecule has 0 bridgehead atoms. The van der Waals surface area contributed by atoms with E-state index in [1.54, 1.807) is 17.0 Å². The van der Waals surface area contributed by atoms with Crippen LogP contribution in [0.1, 0.15) is 24.5 Å². The SMILES string of the molecule is CCN(CCC(=O)O)C(=O)CSCc1ccc(C#N)cc1.